The smallest absolute Gasteiger partial charge is 0.142 e. The Kier molecular flexibility index (Phi) is 2.65. The first-order valence-corrected chi connectivity index (χ1v) is 5.78. The highest BCUT2D eigenvalue weighted by molar-refractivity contribution is 5.84. The van der Waals surface area contributed by atoms with Gasteiger partial charge in [-0.15, -0.1) is 0 Å². The molecule has 0 spiro atoms. The Morgan fingerprint density at radius 1 is 1.00 bits per heavy atom. The maximum Gasteiger partial charge on any atom is 0.142 e. The molecule has 3 heteroatoms. The Balaban J connectivity index is 2.03. The quantitative estimate of drug-likeness (QED) is 0.744. The molecule has 1 aromatic heterocycles. The van der Waals surface area contributed by atoms with E-state index in [9.17, 15) is 5.11 Å². The lowest BCUT2D eigenvalue weighted by Crippen LogP contribution is -1.90. The van der Waals surface area contributed by atoms with E-state index in [2.05, 4.69) is 22.1 Å². The van der Waals surface area contributed by atoms with Crippen LogP contribution < -0.4 is 0 Å². The van der Waals surface area contributed by atoms with Crippen LogP contribution in [-0.4, -0.2) is 15.1 Å². The van der Waals surface area contributed by atoms with Crippen LogP contribution >= 0.6 is 0 Å². The van der Waals surface area contributed by atoms with E-state index in [0.717, 1.165) is 17.4 Å². The van der Waals surface area contributed by atoms with Gasteiger partial charge in [-0.05, 0) is 29.7 Å². The summed E-state index contributed by atoms with van der Waals surface area (Å²) in [6.45, 7) is 0. The summed E-state index contributed by atoms with van der Waals surface area (Å²) >= 11 is 0. The highest BCUT2D eigenvalue weighted by Crippen LogP contribution is 2.25. The average Bonchev–Trinajstić information content (AvgIpc) is 2.40. The molecule has 0 unspecified atom stereocenters. The summed E-state index contributed by atoms with van der Waals surface area (Å²) in [6, 6.07) is 13.9. The first-order chi connectivity index (χ1) is 8.83. The van der Waals surface area contributed by atoms with Gasteiger partial charge in [0.15, 0.2) is 0 Å². The second-order valence-corrected chi connectivity index (χ2v) is 4.24. The summed E-state index contributed by atoms with van der Waals surface area (Å²) in [4.78, 5) is 8.05. The Morgan fingerprint density at radius 2 is 1.83 bits per heavy atom. The molecule has 3 nitrogen and oxygen atoms in total. The maximum absolute atomic E-state index is 9.94. The van der Waals surface area contributed by atoms with Crippen molar-refractivity contribution in [2.45, 2.75) is 6.42 Å². The Labute approximate surface area is 105 Å². The number of hydrogen-bond acceptors (Lipinski definition) is 3. The standard InChI is InChI=1S/C15H12N2O/c18-14-8-12(6-11-4-2-1-3-5-11)7-13-9-16-10-17-15(13)14/h1-5,7-10,18H,6H2. The number of aromatic hydroxyl groups is 1. The first kappa shape index (κ1) is 10.7. The normalized spacial score (nSPS) is 10.7. The van der Waals surface area contributed by atoms with Crippen molar-refractivity contribution in [1.29, 1.82) is 0 Å². The molecular weight excluding hydrogens is 224 g/mol. The number of hydrogen-bond donors (Lipinski definition) is 1. The molecule has 0 atom stereocenters. The Bertz CT molecular complexity index is 680. The third-order valence-corrected chi connectivity index (χ3v) is 2.90. The molecule has 0 radical (unpaired) electrons. The average molecular weight is 236 g/mol. The molecule has 3 aromatic rings. The van der Waals surface area contributed by atoms with E-state index >= 15 is 0 Å². The number of benzene rings is 2. The van der Waals surface area contributed by atoms with E-state index in [-0.39, 0.29) is 5.75 Å². The fourth-order valence-electron chi connectivity index (χ4n) is 2.08. The van der Waals surface area contributed by atoms with Crippen LogP contribution in [0.4, 0.5) is 0 Å². The molecule has 0 bridgehead atoms. The zero-order valence-electron chi connectivity index (χ0n) is 9.74. The molecule has 0 aliphatic carbocycles. The first-order valence-electron chi connectivity index (χ1n) is 5.78. The summed E-state index contributed by atoms with van der Waals surface area (Å²) in [5.41, 5.74) is 2.87. The minimum Gasteiger partial charge on any atom is -0.506 e. The number of nitrogens with zero attached hydrogens (tertiary/aromatic N) is 2. The predicted octanol–water partition coefficient (Wildman–Crippen LogP) is 2.93. The SMILES string of the molecule is Oc1cc(Cc2ccccc2)cc2cncnc12. The lowest BCUT2D eigenvalue weighted by molar-refractivity contribution is 0.479. The van der Waals surface area contributed by atoms with Crippen molar-refractivity contribution in [3.05, 3.63) is 66.1 Å². The molecule has 0 aliphatic heterocycles. The molecule has 0 amide bonds. The van der Waals surface area contributed by atoms with Gasteiger partial charge in [0.2, 0.25) is 0 Å². The molecule has 2 aromatic carbocycles. The van der Waals surface area contributed by atoms with Crippen LogP contribution in [0.25, 0.3) is 10.9 Å². The fraction of sp³-hybridized carbons (Fsp3) is 0.0667. The molecule has 18 heavy (non-hydrogen) atoms. The van der Waals surface area contributed by atoms with Crippen molar-refractivity contribution in [2.24, 2.45) is 0 Å². The van der Waals surface area contributed by atoms with Crippen molar-refractivity contribution < 1.29 is 5.11 Å². The second-order valence-electron chi connectivity index (χ2n) is 4.24. The van der Waals surface area contributed by atoms with Gasteiger partial charge in [0.1, 0.15) is 17.6 Å². The topological polar surface area (TPSA) is 46.0 Å². The number of aromatic nitrogens is 2. The van der Waals surface area contributed by atoms with E-state index in [1.54, 1.807) is 12.3 Å². The van der Waals surface area contributed by atoms with Crippen LogP contribution in [-0.2, 0) is 6.42 Å². The van der Waals surface area contributed by atoms with E-state index in [0.29, 0.717) is 5.52 Å². The lowest BCUT2D eigenvalue weighted by Gasteiger charge is -2.05. The van der Waals surface area contributed by atoms with Crippen molar-refractivity contribution in [2.75, 3.05) is 0 Å². The second kappa shape index (κ2) is 4.45. The van der Waals surface area contributed by atoms with Crippen molar-refractivity contribution in [1.82, 2.24) is 9.97 Å². The molecule has 1 heterocycles. The van der Waals surface area contributed by atoms with Gasteiger partial charge in [0.05, 0.1) is 0 Å². The van der Waals surface area contributed by atoms with E-state index in [1.165, 1.54) is 11.9 Å². The lowest BCUT2D eigenvalue weighted by atomic mass is 10.0. The zero-order valence-corrected chi connectivity index (χ0v) is 9.74. The van der Waals surface area contributed by atoms with Crippen LogP contribution in [0.2, 0.25) is 0 Å². The number of fused-ring (bicyclic) bond motifs is 1. The van der Waals surface area contributed by atoms with E-state index in [1.807, 2.05) is 24.3 Å². The Hall–Kier alpha value is -2.42. The molecule has 1 N–H and O–H groups in total. The molecule has 0 saturated carbocycles. The van der Waals surface area contributed by atoms with E-state index < -0.39 is 0 Å². The number of phenols is 1. The largest absolute Gasteiger partial charge is 0.506 e. The van der Waals surface area contributed by atoms with Crippen molar-refractivity contribution >= 4 is 10.9 Å². The van der Waals surface area contributed by atoms with Gasteiger partial charge in [-0.25, -0.2) is 9.97 Å². The predicted molar refractivity (Wildman–Crippen MR) is 70.5 cm³/mol. The van der Waals surface area contributed by atoms with Crippen molar-refractivity contribution in [3.8, 4) is 5.75 Å². The highest BCUT2D eigenvalue weighted by Gasteiger charge is 2.04. The fourth-order valence-corrected chi connectivity index (χ4v) is 2.08. The summed E-state index contributed by atoms with van der Waals surface area (Å²) in [5.74, 6) is 0.209. The summed E-state index contributed by atoms with van der Waals surface area (Å²) in [5, 5.41) is 10.8. The van der Waals surface area contributed by atoms with Crippen molar-refractivity contribution in [3.63, 3.8) is 0 Å². The monoisotopic (exact) mass is 236 g/mol. The van der Waals surface area contributed by atoms with Crippen LogP contribution in [0.15, 0.2) is 55.0 Å². The minimum atomic E-state index is 0.209. The third-order valence-electron chi connectivity index (χ3n) is 2.90. The number of phenolic OH excluding ortho intramolecular Hbond substituents is 1. The van der Waals surface area contributed by atoms with Gasteiger partial charge in [-0.3, -0.25) is 0 Å². The molecule has 0 saturated heterocycles. The maximum atomic E-state index is 9.94. The van der Waals surface area contributed by atoms with Gasteiger partial charge < -0.3 is 5.11 Å². The number of rotatable bonds is 2. The highest BCUT2D eigenvalue weighted by atomic mass is 16.3. The van der Waals surface area contributed by atoms with Gasteiger partial charge in [-0.1, -0.05) is 30.3 Å². The Morgan fingerprint density at radius 3 is 2.67 bits per heavy atom. The van der Waals surface area contributed by atoms with Gasteiger partial charge >= 0.3 is 0 Å². The third kappa shape index (κ3) is 2.02. The van der Waals surface area contributed by atoms with Crippen LogP contribution in [0.5, 0.6) is 5.75 Å². The van der Waals surface area contributed by atoms with E-state index in [4.69, 9.17) is 0 Å². The molecular formula is C15H12N2O. The van der Waals surface area contributed by atoms with Crippen LogP contribution in [0.1, 0.15) is 11.1 Å². The summed E-state index contributed by atoms with van der Waals surface area (Å²) < 4.78 is 0. The van der Waals surface area contributed by atoms with Gasteiger partial charge in [-0.2, -0.15) is 0 Å². The molecule has 3 rings (SSSR count). The van der Waals surface area contributed by atoms with Crippen LogP contribution in [0.3, 0.4) is 0 Å². The summed E-state index contributed by atoms with van der Waals surface area (Å²) in [7, 11) is 0. The van der Waals surface area contributed by atoms with Crippen LogP contribution in [0, 0.1) is 0 Å². The van der Waals surface area contributed by atoms with Gasteiger partial charge in [0.25, 0.3) is 0 Å². The van der Waals surface area contributed by atoms with Gasteiger partial charge in [0, 0.05) is 11.6 Å². The molecule has 0 fully saturated rings. The molecule has 0 aliphatic rings. The molecule has 88 valence electrons. The zero-order chi connectivity index (χ0) is 12.4. The minimum absolute atomic E-state index is 0.209. The summed E-state index contributed by atoms with van der Waals surface area (Å²) in [6.07, 6.45) is 3.95.